The second-order valence-electron chi connectivity index (χ2n) is 1.48. The van der Waals surface area contributed by atoms with Crippen LogP contribution in [0.5, 0.6) is 0 Å². The van der Waals surface area contributed by atoms with Crippen LogP contribution in [0.1, 0.15) is 6.92 Å². The molecule has 0 bridgehead atoms. The van der Waals surface area contributed by atoms with Gasteiger partial charge in [0.25, 0.3) is 0 Å². The van der Waals surface area contributed by atoms with Gasteiger partial charge >= 0.3 is 0 Å². The number of amides is 1. The lowest BCUT2D eigenvalue weighted by Gasteiger charge is -1.96. The summed E-state index contributed by atoms with van der Waals surface area (Å²) in [5, 5.41) is 0. The Hall–Kier alpha value is -0.830. The fourth-order valence-corrected chi connectivity index (χ4v) is 0.199. The van der Waals surface area contributed by atoms with E-state index in [2.05, 4.69) is 11.4 Å². The highest BCUT2D eigenvalue weighted by molar-refractivity contribution is 5.43. The minimum Gasteiger partial charge on any atom is -0.277 e. The van der Waals surface area contributed by atoms with Crippen LogP contribution in [0.15, 0.2) is 12.2 Å². The van der Waals surface area contributed by atoms with E-state index in [1.54, 1.807) is 0 Å². The van der Waals surface area contributed by atoms with E-state index in [9.17, 15) is 4.79 Å². The van der Waals surface area contributed by atoms with Crippen molar-refractivity contribution < 1.29 is 9.63 Å². The third-order valence-electron chi connectivity index (χ3n) is 0.450. The second-order valence-corrected chi connectivity index (χ2v) is 1.48. The summed E-state index contributed by atoms with van der Waals surface area (Å²) >= 11 is 0. The Kier molecular flexibility index (Phi) is 3.88. The van der Waals surface area contributed by atoms with E-state index >= 15 is 0 Å². The number of hydrogen-bond donors (Lipinski definition) is 1. The van der Waals surface area contributed by atoms with Gasteiger partial charge in [-0.2, -0.15) is 0 Å². The smallest absolute Gasteiger partial charge is 0.230 e. The highest BCUT2D eigenvalue weighted by Crippen LogP contribution is 1.82. The molecule has 0 fully saturated rings. The number of hydroxylamine groups is 1. The van der Waals surface area contributed by atoms with Gasteiger partial charge in [0.15, 0.2) is 0 Å². The fourth-order valence-electron chi connectivity index (χ4n) is 0.199. The first-order valence-corrected chi connectivity index (χ1v) is 2.22. The summed E-state index contributed by atoms with van der Waals surface area (Å²) in [6.07, 6.45) is 0.475. The van der Waals surface area contributed by atoms with Gasteiger partial charge in [0.1, 0.15) is 0 Å². The first-order chi connectivity index (χ1) is 3.77. The van der Waals surface area contributed by atoms with E-state index in [-0.39, 0.29) is 0 Å². The Morgan fingerprint density at radius 2 is 2.62 bits per heavy atom. The average molecular weight is 115 g/mol. The van der Waals surface area contributed by atoms with Gasteiger partial charge in [-0.15, -0.1) is 0 Å². The lowest BCUT2D eigenvalue weighted by Crippen LogP contribution is -2.12. The van der Waals surface area contributed by atoms with Crippen molar-refractivity contribution in [3.63, 3.8) is 0 Å². The highest BCUT2D eigenvalue weighted by Gasteiger charge is 1.81. The minimum atomic E-state index is 0.374. The molecule has 0 heterocycles. The molecule has 0 aromatic rings. The molecule has 0 spiro atoms. The van der Waals surface area contributed by atoms with Crippen LogP contribution in [0.25, 0.3) is 0 Å². The fraction of sp³-hybridized carbons (Fsp3) is 0.400. The molecule has 0 saturated carbocycles. The monoisotopic (exact) mass is 115 g/mol. The van der Waals surface area contributed by atoms with Gasteiger partial charge in [0.05, 0.1) is 6.61 Å². The van der Waals surface area contributed by atoms with E-state index < -0.39 is 0 Å². The summed E-state index contributed by atoms with van der Waals surface area (Å²) in [7, 11) is 0. The Balaban J connectivity index is 2.93. The van der Waals surface area contributed by atoms with Crippen molar-refractivity contribution in [2.75, 3.05) is 6.61 Å². The van der Waals surface area contributed by atoms with Crippen molar-refractivity contribution in [3.05, 3.63) is 12.2 Å². The average Bonchev–Trinajstić information content (AvgIpc) is 1.66. The van der Waals surface area contributed by atoms with Crippen molar-refractivity contribution in [1.82, 2.24) is 5.48 Å². The zero-order valence-electron chi connectivity index (χ0n) is 4.81. The molecule has 0 unspecified atom stereocenters. The molecular formula is C5H9NO2. The zero-order chi connectivity index (χ0) is 6.41. The normalized spacial score (nSPS) is 8.12. The van der Waals surface area contributed by atoms with Gasteiger partial charge in [0.2, 0.25) is 6.41 Å². The van der Waals surface area contributed by atoms with E-state index in [0.29, 0.717) is 13.0 Å². The molecule has 0 aromatic heterocycles. The molecule has 0 atom stereocenters. The van der Waals surface area contributed by atoms with Crippen LogP contribution in [0, 0.1) is 0 Å². The maximum Gasteiger partial charge on any atom is 0.230 e. The van der Waals surface area contributed by atoms with Crippen molar-refractivity contribution >= 4 is 6.41 Å². The predicted molar refractivity (Wildman–Crippen MR) is 30.0 cm³/mol. The Labute approximate surface area is 48.3 Å². The Morgan fingerprint density at radius 1 is 2.00 bits per heavy atom. The highest BCUT2D eigenvalue weighted by atomic mass is 16.6. The SMILES string of the molecule is C=C(C)CONC=O. The van der Waals surface area contributed by atoms with Crippen LogP contribution in [0.3, 0.4) is 0 Å². The van der Waals surface area contributed by atoms with Gasteiger partial charge in [-0.3, -0.25) is 9.63 Å². The number of carbonyl (C=O) groups is 1. The molecule has 0 aliphatic carbocycles. The number of nitrogens with one attached hydrogen (secondary N) is 1. The van der Waals surface area contributed by atoms with Crippen molar-refractivity contribution in [2.24, 2.45) is 0 Å². The largest absolute Gasteiger partial charge is 0.277 e. The molecule has 0 aromatic carbocycles. The molecule has 0 saturated heterocycles. The molecule has 1 N–H and O–H groups in total. The standard InChI is InChI=1S/C5H9NO2/c1-5(2)3-8-6-4-7/h4H,1,3H2,2H3,(H,6,7). The van der Waals surface area contributed by atoms with Gasteiger partial charge < -0.3 is 0 Å². The first kappa shape index (κ1) is 7.17. The molecule has 8 heavy (non-hydrogen) atoms. The summed E-state index contributed by atoms with van der Waals surface area (Å²) in [6.45, 7) is 5.73. The lowest BCUT2D eigenvalue weighted by molar-refractivity contribution is -0.119. The van der Waals surface area contributed by atoms with Gasteiger partial charge in [0, 0.05) is 0 Å². The third-order valence-corrected chi connectivity index (χ3v) is 0.450. The van der Waals surface area contributed by atoms with Crippen LogP contribution in [0.2, 0.25) is 0 Å². The number of hydrogen-bond acceptors (Lipinski definition) is 2. The molecule has 0 aliphatic rings. The first-order valence-electron chi connectivity index (χ1n) is 2.22. The van der Waals surface area contributed by atoms with E-state index in [0.717, 1.165) is 5.57 Å². The topological polar surface area (TPSA) is 38.3 Å². The van der Waals surface area contributed by atoms with Crippen molar-refractivity contribution in [2.45, 2.75) is 6.92 Å². The molecule has 3 nitrogen and oxygen atoms in total. The molecule has 1 amide bonds. The van der Waals surface area contributed by atoms with Crippen LogP contribution in [-0.2, 0) is 9.63 Å². The third kappa shape index (κ3) is 5.17. The number of carbonyl (C=O) groups excluding carboxylic acids is 1. The minimum absolute atomic E-state index is 0.374. The molecule has 46 valence electrons. The van der Waals surface area contributed by atoms with E-state index in [1.165, 1.54) is 0 Å². The quantitative estimate of drug-likeness (QED) is 0.247. The van der Waals surface area contributed by atoms with Gasteiger partial charge in [-0.05, 0) is 6.92 Å². The number of rotatable bonds is 4. The maximum absolute atomic E-state index is 9.52. The molecule has 0 radical (unpaired) electrons. The Morgan fingerprint density at radius 3 is 3.00 bits per heavy atom. The maximum atomic E-state index is 9.52. The van der Waals surface area contributed by atoms with E-state index in [4.69, 9.17) is 0 Å². The predicted octanol–water partition coefficient (Wildman–Crippen LogP) is 0.240. The lowest BCUT2D eigenvalue weighted by atomic mass is 10.4. The van der Waals surface area contributed by atoms with Gasteiger partial charge in [-0.1, -0.05) is 12.2 Å². The summed E-state index contributed by atoms with van der Waals surface area (Å²) < 4.78 is 0. The molecule has 0 rings (SSSR count). The van der Waals surface area contributed by atoms with Crippen LogP contribution in [0.4, 0.5) is 0 Å². The summed E-state index contributed by atoms with van der Waals surface area (Å²) in [5.41, 5.74) is 2.91. The van der Waals surface area contributed by atoms with Crippen LogP contribution < -0.4 is 5.48 Å². The van der Waals surface area contributed by atoms with Crippen LogP contribution in [-0.4, -0.2) is 13.0 Å². The summed E-state index contributed by atoms with van der Waals surface area (Å²) in [5.74, 6) is 0. The Bertz CT molecular complexity index is 90.4. The van der Waals surface area contributed by atoms with Crippen LogP contribution >= 0.6 is 0 Å². The molecule has 0 aliphatic heterocycles. The zero-order valence-corrected chi connectivity index (χ0v) is 4.81. The second kappa shape index (κ2) is 4.33. The van der Waals surface area contributed by atoms with Gasteiger partial charge in [-0.25, -0.2) is 5.48 Å². The molecule has 3 heteroatoms. The molecular weight excluding hydrogens is 106 g/mol. The summed E-state index contributed by atoms with van der Waals surface area (Å²) in [4.78, 5) is 14.0. The van der Waals surface area contributed by atoms with Crippen molar-refractivity contribution in [1.29, 1.82) is 0 Å². The summed E-state index contributed by atoms with van der Waals surface area (Å²) in [6, 6.07) is 0. The van der Waals surface area contributed by atoms with E-state index in [1.807, 2.05) is 12.4 Å². The van der Waals surface area contributed by atoms with Crippen molar-refractivity contribution in [3.8, 4) is 0 Å².